The van der Waals surface area contributed by atoms with Gasteiger partial charge in [0, 0.05) is 12.3 Å². The summed E-state index contributed by atoms with van der Waals surface area (Å²) in [5.41, 5.74) is 0.576. The molecule has 0 bridgehead atoms. The van der Waals surface area contributed by atoms with Crippen molar-refractivity contribution in [1.82, 2.24) is 5.32 Å². The third-order valence-corrected chi connectivity index (χ3v) is 2.53. The Morgan fingerprint density at radius 2 is 2.06 bits per heavy atom. The van der Waals surface area contributed by atoms with Gasteiger partial charge in [0.1, 0.15) is 5.82 Å². The predicted octanol–water partition coefficient (Wildman–Crippen LogP) is 1.37. The number of rotatable bonds is 7. The van der Waals surface area contributed by atoms with Crippen molar-refractivity contribution in [1.29, 1.82) is 0 Å². The van der Waals surface area contributed by atoms with Crippen LogP contribution in [-0.2, 0) is 4.79 Å². The Labute approximate surface area is 106 Å². The summed E-state index contributed by atoms with van der Waals surface area (Å²) >= 11 is 0. The van der Waals surface area contributed by atoms with Crippen LogP contribution in [0.3, 0.4) is 0 Å². The van der Waals surface area contributed by atoms with Gasteiger partial charge < -0.3 is 15.7 Å². The molecule has 1 aromatic carbocycles. The summed E-state index contributed by atoms with van der Waals surface area (Å²) < 4.78 is 12.6. The van der Waals surface area contributed by atoms with Gasteiger partial charge >= 0.3 is 0 Å². The van der Waals surface area contributed by atoms with Gasteiger partial charge in [0.15, 0.2) is 0 Å². The molecule has 18 heavy (non-hydrogen) atoms. The Morgan fingerprint density at radius 1 is 1.39 bits per heavy atom. The summed E-state index contributed by atoms with van der Waals surface area (Å²) in [6, 6.07) is 5.63. The number of hydrogen-bond donors (Lipinski definition) is 3. The van der Waals surface area contributed by atoms with Crippen molar-refractivity contribution in [3.63, 3.8) is 0 Å². The Bertz CT molecular complexity index is 368. The molecule has 0 saturated heterocycles. The van der Waals surface area contributed by atoms with Crippen LogP contribution in [0.2, 0.25) is 0 Å². The molecule has 100 valence electrons. The molecule has 5 heteroatoms. The average Bonchev–Trinajstić information content (AvgIpc) is 2.32. The number of aliphatic hydroxyl groups excluding tert-OH is 1. The van der Waals surface area contributed by atoms with E-state index < -0.39 is 0 Å². The molecule has 4 nitrogen and oxygen atoms in total. The Kier molecular flexibility index (Phi) is 6.32. The minimum atomic E-state index is -0.330. The van der Waals surface area contributed by atoms with Crippen LogP contribution in [0.25, 0.3) is 0 Å². The molecule has 0 fully saturated rings. The monoisotopic (exact) mass is 254 g/mol. The Balaban J connectivity index is 2.23. The van der Waals surface area contributed by atoms with Crippen molar-refractivity contribution in [3.8, 4) is 0 Å². The molecule has 3 N–H and O–H groups in total. The minimum absolute atomic E-state index is 0.157. The van der Waals surface area contributed by atoms with Crippen LogP contribution in [0.15, 0.2) is 24.3 Å². The van der Waals surface area contributed by atoms with Crippen molar-refractivity contribution < 1.29 is 14.3 Å². The smallest absolute Gasteiger partial charge is 0.238 e. The SMILES string of the molecule is CC(CCO)CNCC(=O)Nc1ccc(F)cc1. The van der Waals surface area contributed by atoms with Gasteiger partial charge in [0.05, 0.1) is 6.54 Å². The largest absolute Gasteiger partial charge is 0.396 e. The average molecular weight is 254 g/mol. The summed E-state index contributed by atoms with van der Waals surface area (Å²) in [6.07, 6.45) is 0.715. The zero-order valence-corrected chi connectivity index (χ0v) is 10.4. The van der Waals surface area contributed by atoms with Gasteiger partial charge in [-0.15, -0.1) is 0 Å². The first-order valence-corrected chi connectivity index (χ1v) is 5.99. The molecule has 0 aromatic heterocycles. The highest BCUT2D eigenvalue weighted by molar-refractivity contribution is 5.92. The highest BCUT2D eigenvalue weighted by atomic mass is 19.1. The first kappa shape index (κ1) is 14.6. The number of hydrogen-bond acceptors (Lipinski definition) is 3. The summed E-state index contributed by atoms with van der Waals surface area (Å²) in [5.74, 6) is -0.171. The maximum atomic E-state index is 12.6. The van der Waals surface area contributed by atoms with Crippen molar-refractivity contribution in [3.05, 3.63) is 30.1 Å². The van der Waals surface area contributed by atoms with E-state index in [4.69, 9.17) is 5.11 Å². The molecule has 0 radical (unpaired) electrons. The van der Waals surface area contributed by atoms with Crippen LogP contribution in [-0.4, -0.2) is 30.7 Å². The number of anilines is 1. The number of amides is 1. The summed E-state index contributed by atoms with van der Waals surface area (Å²) in [7, 11) is 0. The lowest BCUT2D eigenvalue weighted by atomic mass is 10.1. The van der Waals surface area contributed by atoms with Gasteiger partial charge in [-0.3, -0.25) is 4.79 Å². The van der Waals surface area contributed by atoms with E-state index in [1.54, 1.807) is 0 Å². The highest BCUT2D eigenvalue weighted by Gasteiger charge is 2.04. The molecule has 1 unspecified atom stereocenters. The molecule has 0 saturated carbocycles. The summed E-state index contributed by atoms with van der Waals surface area (Å²) in [5, 5.41) is 14.4. The third-order valence-electron chi connectivity index (χ3n) is 2.53. The van der Waals surface area contributed by atoms with E-state index in [2.05, 4.69) is 10.6 Å². The van der Waals surface area contributed by atoms with E-state index in [1.807, 2.05) is 6.92 Å². The molecule has 1 amide bonds. The van der Waals surface area contributed by atoms with Gasteiger partial charge in [-0.05, 0) is 43.1 Å². The van der Waals surface area contributed by atoms with Crippen LogP contribution in [0.5, 0.6) is 0 Å². The number of benzene rings is 1. The molecule has 0 aliphatic carbocycles. The molecule has 0 aliphatic heterocycles. The quantitative estimate of drug-likeness (QED) is 0.688. The number of nitrogens with one attached hydrogen (secondary N) is 2. The van der Waals surface area contributed by atoms with E-state index in [0.717, 1.165) is 0 Å². The molecule has 0 heterocycles. The predicted molar refractivity (Wildman–Crippen MR) is 68.8 cm³/mol. The maximum absolute atomic E-state index is 12.6. The first-order valence-electron chi connectivity index (χ1n) is 5.99. The van der Waals surface area contributed by atoms with Gasteiger partial charge in [-0.2, -0.15) is 0 Å². The number of carbonyl (C=O) groups excluding carboxylic acids is 1. The second-order valence-electron chi connectivity index (χ2n) is 4.30. The summed E-state index contributed by atoms with van der Waals surface area (Å²) in [4.78, 5) is 11.5. The third kappa shape index (κ3) is 5.75. The summed E-state index contributed by atoms with van der Waals surface area (Å²) in [6.45, 7) is 3.04. The highest BCUT2D eigenvalue weighted by Crippen LogP contribution is 2.07. The van der Waals surface area contributed by atoms with Crippen LogP contribution in [0, 0.1) is 11.7 Å². The molecule has 1 aromatic rings. The van der Waals surface area contributed by atoms with Gasteiger partial charge in [-0.25, -0.2) is 4.39 Å². The standard InChI is InChI=1S/C13H19FN2O2/c1-10(6-7-17)8-15-9-13(18)16-12-4-2-11(14)3-5-12/h2-5,10,15,17H,6-9H2,1H3,(H,16,18). The fourth-order valence-electron chi connectivity index (χ4n) is 1.49. The van der Waals surface area contributed by atoms with E-state index in [-0.39, 0.29) is 24.9 Å². The van der Waals surface area contributed by atoms with Crippen molar-refractivity contribution in [2.75, 3.05) is 25.0 Å². The molecule has 1 atom stereocenters. The minimum Gasteiger partial charge on any atom is -0.396 e. The Morgan fingerprint density at radius 3 is 2.67 bits per heavy atom. The topological polar surface area (TPSA) is 61.4 Å². The molecular weight excluding hydrogens is 235 g/mol. The van der Waals surface area contributed by atoms with E-state index in [0.29, 0.717) is 24.6 Å². The zero-order valence-electron chi connectivity index (χ0n) is 10.4. The zero-order chi connectivity index (χ0) is 13.4. The van der Waals surface area contributed by atoms with Gasteiger partial charge in [0.2, 0.25) is 5.91 Å². The van der Waals surface area contributed by atoms with E-state index >= 15 is 0 Å². The molecule has 0 aliphatic rings. The number of halogens is 1. The molecule has 1 rings (SSSR count). The molecule has 0 spiro atoms. The second-order valence-corrected chi connectivity index (χ2v) is 4.30. The van der Waals surface area contributed by atoms with Crippen molar-refractivity contribution in [2.24, 2.45) is 5.92 Å². The van der Waals surface area contributed by atoms with Gasteiger partial charge in [0.25, 0.3) is 0 Å². The Hall–Kier alpha value is -1.46. The van der Waals surface area contributed by atoms with Crippen molar-refractivity contribution >= 4 is 11.6 Å². The second kappa shape index (κ2) is 7.79. The van der Waals surface area contributed by atoms with E-state index in [9.17, 15) is 9.18 Å². The first-order chi connectivity index (χ1) is 8.61. The fraction of sp³-hybridized carbons (Fsp3) is 0.462. The normalized spacial score (nSPS) is 12.2. The van der Waals surface area contributed by atoms with Crippen LogP contribution in [0.1, 0.15) is 13.3 Å². The van der Waals surface area contributed by atoms with Crippen LogP contribution >= 0.6 is 0 Å². The number of carbonyl (C=O) groups is 1. The van der Waals surface area contributed by atoms with Crippen LogP contribution < -0.4 is 10.6 Å². The molecular formula is C13H19FN2O2. The van der Waals surface area contributed by atoms with Crippen LogP contribution in [0.4, 0.5) is 10.1 Å². The lowest BCUT2D eigenvalue weighted by Crippen LogP contribution is -2.31. The van der Waals surface area contributed by atoms with Crippen molar-refractivity contribution in [2.45, 2.75) is 13.3 Å². The maximum Gasteiger partial charge on any atom is 0.238 e. The lowest BCUT2D eigenvalue weighted by molar-refractivity contribution is -0.115. The number of aliphatic hydroxyl groups is 1. The fourth-order valence-corrected chi connectivity index (χ4v) is 1.49. The van der Waals surface area contributed by atoms with Gasteiger partial charge in [-0.1, -0.05) is 6.92 Å². The van der Waals surface area contributed by atoms with E-state index in [1.165, 1.54) is 24.3 Å². The lowest BCUT2D eigenvalue weighted by Gasteiger charge is -2.11.